The second-order valence-corrected chi connectivity index (χ2v) is 67.8. The average molecular weight is 1550 g/mol. The van der Waals surface area contributed by atoms with Crippen molar-refractivity contribution in [3.63, 3.8) is 0 Å². The second-order valence-electron chi connectivity index (χ2n) is 39.3. The number of nitrogens with one attached hydrogen (secondary N) is 3. The third-order valence-corrected chi connectivity index (χ3v) is 51.7. The molecule has 4 saturated heterocycles. The molecule has 0 spiro atoms. The summed E-state index contributed by atoms with van der Waals surface area (Å²) in [5.41, 5.74) is 1.52. The molecule has 11 atom stereocenters. The van der Waals surface area contributed by atoms with Gasteiger partial charge in [-0.05, 0) is 152 Å². The van der Waals surface area contributed by atoms with E-state index < -0.39 is 159 Å². The van der Waals surface area contributed by atoms with Crippen LogP contribution in [0.15, 0.2) is 54.6 Å². The van der Waals surface area contributed by atoms with Gasteiger partial charge >= 0.3 is 20.2 Å². The highest BCUT2D eigenvalue weighted by molar-refractivity contribution is 6.78. The van der Waals surface area contributed by atoms with Crippen LogP contribution in [-0.2, 0) is 73.2 Å². The Kier molecular flexibility index (Phi) is 27.8. The van der Waals surface area contributed by atoms with Crippen LogP contribution < -0.4 is 20.4 Å². The number of rotatable bonds is 29. The minimum atomic E-state index is -2.98. The normalized spacial score (nSPS) is 21.5. The van der Waals surface area contributed by atoms with Crippen molar-refractivity contribution in [2.75, 3.05) is 26.1 Å². The molecule has 0 bridgehead atoms. The highest BCUT2D eigenvalue weighted by atomic mass is 28.4. The van der Waals surface area contributed by atoms with E-state index in [0.717, 1.165) is 11.1 Å². The summed E-state index contributed by atoms with van der Waals surface area (Å²) in [6.07, 6.45) is -5.18. The summed E-state index contributed by atoms with van der Waals surface area (Å²) < 4.78 is 62.0. The lowest BCUT2D eigenvalue weighted by Gasteiger charge is -2.43. The minimum absolute atomic E-state index is 0.0263. The van der Waals surface area contributed by atoms with Crippen LogP contribution in [0.2, 0.25) is 109 Å². The largest absolute Gasteiger partial charge is 0.544 e. The van der Waals surface area contributed by atoms with Gasteiger partial charge in [0, 0.05) is 25.4 Å². The molecule has 4 fully saturated rings. The smallest absolute Gasteiger partial charge is 0.432 e. The van der Waals surface area contributed by atoms with Gasteiger partial charge in [0.15, 0.2) is 41.6 Å². The average Bonchev–Trinajstić information content (AvgIpc) is 1.59. The number of alkyl carbamates (subject to hydrolysis) is 1. The third kappa shape index (κ3) is 21.9. The number of ether oxygens (including phenoxy) is 1. The summed E-state index contributed by atoms with van der Waals surface area (Å²) in [6.45, 7) is 69.9. The molecular weight excluding hydrogens is 1410 g/mol. The van der Waals surface area contributed by atoms with Crippen molar-refractivity contribution in [3.8, 4) is 5.75 Å². The van der Waals surface area contributed by atoms with Crippen molar-refractivity contribution in [2.24, 2.45) is 5.92 Å². The quantitative estimate of drug-likeness (QED) is 0.0507. The van der Waals surface area contributed by atoms with Crippen molar-refractivity contribution in [1.82, 2.24) is 30.5 Å². The molecule has 2 aromatic rings. The number of benzene rings is 2. The SMILES string of the molecule is CC(O[Si](C)(C)C(C)(C)C)[C@H](NC(=O)[C@@H](NC(=O)[C@@H]1C[C@@H](O[Si](C)(C)C(C)(C)C)CN1C(=O)[C@@H](NC(=O)OCc1ccccc1)C(C)O[Si](C)(C)C(C)(C)C)[C@@H](Cc1ccc(O[Si](C)(C)C(C)(C)C)cc1)O[Si](C)(C)C(C)(C)C)C(=O)N1C[C@H](C)[C@H](O[Si](C)(C)C(C)(C)C)[C@H]1C(=O)N(B1CO1)B1CO1. The van der Waals surface area contributed by atoms with Crippen LogP contribution in [0.5, 0.6) is 5.75 Å². The molecule has 4 aliphatic rings. The lowest BCUT2D eigenvalue weighted by Crippen LogP contribution is -2.66. The monoisotopic (exact) mass is 1550 g/mol. The zero-order valence-electron chi connectivity index (χ0n) is 70.1. The maximum absolute atomic E-state index is 16.9. The molecule has 0 radical (unpaired) electrons. The van der Waals surface area contributed by atoms with Crippen molar-refractivity contribution >= 4 is 99.6 Å². The van der Waals surface area contributed by atoms with Crippen LogP contribution in [0.25, 0.3) is 0 Å². The summed E-state index contributed by atoms with van der Waals surface area (Å²) in [7, 11) is -17.1. The lowest BCUT2D eigenvalue weighted by atomic mass is 9.75. The Labute approximate surface area is 633 Å². The molecule has 586 valence electrons. The Bertz CT molecular complexity index is 3290. The van der Waals surface area contributed by atoms with Crippen LogP contribution >= 0.6 is 0 Å². The first-order valence-electron chi connectivity index (χ1n) is 38.0. The van der Waals surface area contributed by atoms with Gasteiger partial charge in [-0.3, -0.25) is 24.0 Å². The van der Waals surface area contributed by atoms with Crippen molar-refractivity contribution in [3.05, 3.63) is 65.7 Å². The van der Waals surface area contributed by atoms with Gasteiger partial charge in [-0.1, -0.05) is 174 Å². The van der Waals surface area contributed by atoms with E-state index in [-0.39, 0.29) is 69.6 Å². The molecule has 6 amide bonds. The molecule has 6 rings (SSSR count). The molecule has 0 aliphatic carbocycles. The molecule has 4 aliphatic heterocycles. The van der Waals surface area contributed by atoms with Gasteiger partial charge in [-0.2, -0.15) is 0 Å². The van der Waals surface area contributed by atoms with Crippen LogP contribution in [0.4, 0.5) is 4.79 Å². The Morgan fingerprint density at radius 3 is 1.41 bits per heavy atom. The van der Waals surface area contributed by atoms with Gasteiger partial charge in [0.25, 0.3) is 0 Å². The molecule has 2 aromatic carbocycles. The van der Waals surface area contributed by atoms with Gasteiger partial charge < -0.3 is 71.1 Å². The number of carbonyl (C=O) groups is 6. The van der Waals surface area contributed by atoms with Crippen LogP contribution in [0, 0.1) is 5.92 Å². The van der Waals surface area contributed by atoms with E-state index in [4.69, 9.17) is 40.6 Å². The number of amides is 6. The van der Waals surface area contributed by atoms with E-state index in [0.29, 0.717) is 18.8 Å². The number of carbonyl (C=O) groups excluding carboxylic acids is 6. The van der Waals surface area contributed by atoms with Gasteiger partial charge in [0.1, 0.15) is 42.6 Å². The molecular formula is C75H136B2N6O15Si6. The predicted octanol–water partition coefficient (Wildman–Crippen LogP) is 14.3. The fourth-order valence-corrected chi connectivity index (χ4v) is 19.6. The summed E-state index contributed by atoms with van der Waals surface area (Å²) in [5, 5.41) is 7.72. The van der Waals surface area contributed by atoms with Crippen LogP contribution in [-0.4, -0.2) is 201 Å². The summed E-state index contributed by atoms with van der Waals surface area (Å²) in [4.78, 5) is 99.1. The molecule has 21 nitrogen and oxygen atoms in total. The van der Waals surface area contributed by atoms with Crippen molar-refractivity contribution < 1.29 is 69.4 Å². The molecule has 0 aromatic heterocycles. The fraction of sp³-hybridized carbons (Fsp3) is 0.760. The summed E-state index contributed by atoms with van der Waals surface area (Å²) in [5.74, 6) is -2.63. The Morgan fingerprint density at radius 1 is 0.529 bits per heavy atom. The van der Waals surface area contributed by atoms with E-state index in [1.165, 1.54) is 4.90 Å². The Hall–Kier alpha value is -3.99. The van der Waals surface area contributed by atoms with Gasteiger partial charge in [-0.25, -0.2) is 4.79 Å². The molecule has 0 saturated carbocycles. The first-order valence-corrected chi connectivity index (χ1v) is 55.4. The van der Waals surface area contributed by atoms with Crippen molar-refractivity contribution in [1.29, 1.82) is 0 Å². The zero-order chi connectivity index (χ0) is 79.2. The van der Waals surface area contributed by atoms with Gasteiger partial charge in [-0.15, -0.1) is 0 Å². The number of likely N-dealkylation sites (tertiary alicyclic amines) is 2. The summed E-state index contributed by atoms with van der Waals surface area (Å²) in [6, 6.07) is 10.2. The van der Waals surface area contributed by atoms with E-state index in [2.05, 4.69) is 219 Å². The van der Waals surface area contributed by atoms with Crippen molar-refractivity contribution in [2.45, 2.75) is 334 Å². The molecule has 3 N–H and O–H groups in total. The van der Waals surface area contributed by atoms with Crippen LogP contribution in [0.3, 0.4) is 0 Å². The molecule has 4 heterocycles. The number of hydrogen-bond acceptors (Lipinski definition) is 15. The Morgan fingerprint density at radius 2 is 0.962 bits per heavy atom. The van der Waals surface area contributed by atoms with E-state index in [1.54, 1.807) is 23.5 Å². The molecule has 2 unspecified atom stereocenters. The predicted molar refractivity (Wildman–Crippen MR) is 432 cm³/mol. The lowest BCUT2D eigenvalue weighted by molar-refractivity contribution is -0.147. The second kappa shape index (κ2) is 32.5. The number of nitrogens with zero attached hydrogens (tertiary/aromatic N) is 3. The van der Waals surface area contributed by atoms with E-state index in [9.17, 15) is 4.79 Å². The van der Waals surface area contributed by atoms with Crippen LogP contribution in [0.1, 0.15) is 163 Å². The molecule has 29 heteroatoms. The maximum atomic E-state index is 16.9. The highest BCUT2D eigenvalue weighted by Gasteiger charge is 2.60. The van der Waals surface area contributed by atoms with E-state index in [1.807, 2.05) is 61.5 Å². The maximum Gasteiger partial charge on any atom is 0.432 e. The first-order chi connectivity index (χ1) is 47.0. The van der Waals surface area contributed by atoms with Gasteiger partial charge in [0.2, 0.25) is 37.9 Å². The van der Waals surface area contributed by atoms with Gasteiger partial charge in [0.05, 0.1) is 43.5 Å². The minimum Gasteiger partial charge on any atom is -0.544 e. The zero-order valence-corrected chi connectivity index (χ0v) is 76.1. The van der Waals surface area contributed by atoms with E-state index >= 15 is 24.0 Å². The fourth-order valence-electron chi connectivity index (χ4n) is 11.6. The first kappa shape index (κ1) is 88.9. The highest BCUT2D eigenvalue weighted by Crippen LogP contribution is 2.46. The third-order valence-electron chi connectivity index (χ3n) is 24.7. The standard InChI is InChI=1S/C75H136B2N6O15Si6/c1-50-45-82(62(63(50)98-104(32,33)75(19,20)21)68(88)83(76-48-91-76)77-49-92-77)67(87)59(51(2)93-99(22,23)70(4,5)6)78-65(85)61(58(97-103(30,31)74(16,17)18)43-53-39-41-55(42-40-53)95-101(26,27)72(10,11)12)79-64(84)57-44-56(96-102(28,29)73(13,14)15)46-81(57)66(86)60(52(3)94-100(24,25)71(7,8)9)80-69(89)90-47-54-37-35-34-36-38-54/h34-42,50-52,56-63H,43-49H2,1-33H3,(H,78,85)(H,79,84)(H,80,89)/t50-,51?,52?,56+,57-,58+,59-,60-,61-,62-,63-/m0/s1. The Balaban J connectivity index is 1.58. The molecule has 104 heavy (non-hydrogen) atoms. The topological polar surface area (TPSA) is 238 Å². The number of hydrogen-bond donors (Lipinski definition) is 3. The summed E-state index contributed by atoms with van der Waals surface area (Å²) >= 11 is 0.